The minimum atomic E-state index is -0.247. The molecule has 0 fully saturated rings. The molecule has 0 atom stereocenters. The summed E-state index contributed by atoms with van der Waals surface area (Å²) in [7, 11) is 0. The molecule has 5 nitrogen and oxygen atoms in total. The van der Waals surface area contributed by atoms with Crippen LogP contribution >= 0.6 is 0 Å². The summed E-state index contributed by atoms with van der Waals surface area (Å²) >= 11 is 0. The van der Waals surface area contributed by atoms with E-state index < -0.39 is 0 Å². The maximum atomic E-state index is 12.5. The molecule has 2 aromatic carbocycles. The Morgan fingerprint density at radius 2 is 1.77 bits per heavy atom. The third-order valence-electron chi connectivity index (χ3n) is 4.13. The Bertz CT molecular complexity index is 904. The number of carbonyl (C=O) groups is 1. The van der Waals surface area contributed by atoms with Crippen molar-refractivity contribution in [3.8, 4) is 0 Å². The van der Waals surface area contributed by atoms with Gasteiger partial charge in [-0.25, -0.2) is 9.97 Å². The van der Waals surface area contributed by atoms with Gasteiger partial charge in [-0.1, -0.05) is 43.7 Å². The van der Waals surface area contributed by atoms with Gasteiger partial charge < -0.3 is 10.6 Å². The molecule has 3 aromatic rings. The molecule has 0 aliphatic rings. The van der Waals surface area contributed by atoms with Crippen LogP contribution in [0.15, 0.2) is 48.5 Å². The third kappa shape index (κ3) is 4.36. The molecule has 26 heavy (non-hydrogen) atoms. The monoisotopic (exact) mass is 348 g/mol. The van der Waals surface area contributed by atoms with Crippen molar-refractivity contribution in [1.82, 2.24) is 15.3 Å². The maximum absolute atomic E-state index is 12.5. The number of rotatable bonds is 6. The largest absolute Gasteiger partial charge is 0.349 e. The van der Waals surface area contributed by atoms with Crippen LogP contribution in [0.2, 0.25) is 0 Å². The molecule has 5 heteroatoms. The van der Waals surface area contributed by atoms with E-state index in [1.54, 1.807) is 0 Å². The first-order chi connectivity index (χ1) is 12.5. The molecule has 0 unspecified atom stereocenters. The quantitative estimate of drug-likeness (QED) is 0.690. The fourth-order valence-electron chi connectivity index (χ4n) is 2.60. The van der Waals surface area contributed by atoms with Gasteiger partial charge in [-0.2, -0.15) is 0 Å². The van der Waals surface area contributed by atoms with Gasteiger partial charge in [0.05, 0.1) is 5.52 Å². The molecule has 0 bridgehead atoms. The smallest absolute Gasteiger partial charge is 0.289 e. The summed E-state index contributed by atoms with van der Waals surface area (Å²) in [5.41, 5.74) is 2.85. The number of nitrogens with zero attached hydrogens (tertiary/aromatic N) is 2. The van der Waals surface area contributed by atoms with Crippen LogP contribution in [0.3, 0.4) is 0 Å². The zero-order chi connectivity index (χ0) is 18.5. The number of benzene rings is 2. The normalized spacial score (nSPS) is 10.9. The molecule has 0 aliphatic carbocycles. The van der Waals surface area contributed by atoms with E-state index in [4.69, 9.17) is 0 Å². The van der Waals surface area contributed by atoms with Crippen LogP contribution in [0.4, 0.5) is 11.5 Å². The number of carbonyl (C=O) groups excluding carboxylic acids is 1. The molecule has 1 amide bonds. The Morgan fingerprint density at radius 1 is 1.04 bits per heavy atom. The standard InChI is InChI=1S/C21H24N4O/c1-14(2)12-13-22-21(26)20-24-18-7-5-4-6-17(18)19(25-20)23-16-10-8-15(3)9-11-16/h4-11,14H,12-13H2,1-3H3,(H,22,26)(H,23,24,25). The molecule has 1 aromatic heterocycles. The fraction of sp³-hybridized carbons (Fsp3) is 0.286. The number of aryl methyl sites for hydroxylation is 1. The van der Waals surface area contributed by atoms with E-state index in [1.807, 2.05) is 55.5 Å². The van der Waals surface area contributed by atoms with Crippen LogP contribution in [0.25, 0.3) is 10.9 Å². The van der Waals surface area contributed by atoms with Crippen molar-refractivity contribution in [1.29, 1.82) is 0 Å². The van der Waals surface area contributed by atoms with E-state index in [0.29, 0.717) is 18.3 Å². The number of fused-ring (bicyclic) bond motifs is 1. The molecule has 1 heterocycles. The van der Waals surface area contributed by atoms with Crippen molar-refractivity contribution in [2.45, 2.75) is 27.2 Å². The first-order valence-corrected chi connectivity index (χ1v) is 8.91. The van der Waals surface area contributed by atoms with Crippen LogP contribution in [0.1, 0.15) is 36.5 Å². The Labute approximate surface area is 153 Å². The van der Waals surface area contributed by atoms with E-state index in [2.05, 4.69) is 34.4 Å². The van der Waals surface area contributed by atoms with Crippen molar-refractivity contribution in [2.24, 2.45) is 5.92 Å². The van der Waals surface area contributed by atoms with E-state index in [9.17, 15) is 4.79 Å². The lowest BCUT2D eigenvalue weighted by Gasteiger charge is -2.11. The molecule has 2 N–H and O–H groups in total. The van der Waals surface area contributed by atoms with Crippen molar-refractivity contribution in [2.75, 3.05) is 11.9 Å². The highest BCUT2D eigenvalue weighted by molar-refractivity contribution is 5.97. The molecule has 0 aliphatic heterocycles. The number of hydrogen-bond acceptors (Lipinski definition) is 4. The van der Waals surface area contributed by atoms with Crippen molar-refractivity contribution >= 4 is 28.3 Å². The molecular weight excluding hydrogens is 324 g/mol. The highest BCUT2D eigenvalue weighted by Crippen LogP contribution is 2.24. The summed E-state index contributed by atoms with van der Waals surface area (Å²) < 4.78 is 0. The lowest BCUT2D eigenvalue weighted by atomic mass is 10.1. The average Bonchev–Trinajstić information content (AvgIpc) is 2.63. The van der Waals surface area contributed by atoms with Gasteiger partial charge in [0.2, 0.25) is 5.82 Å². The summed E-state index contributed by atoms with van der Waals surface area (Å²) in [5.74, 6) is 1.10. The second-order valence-corrected chi connectivity index (χ2v) is 6.84. The summed E-state index contributed by atoms with van der Waals surface area (Å²) in [6, 6.07) is 15.7. The summed E-state index contributed by atoms with van der Waals surface area (Å²) in [6.45, 7) is 6.92. The number of anilines is 2. The molecule has 0 saturated carbocycles. The van der Waals surface area contributed by atoms with Gasteiger partial charge >= 0.3 is 0 Å². The van der Waals surface area contributed by atoms with Crippen molar-refractivity contribution < 1.29 is 4.79 Å². The highest BCUT2D eigenvalue weighted by Gasteiger charge is 2.14. The predicted molar refractivity (Wildman–Crippen MR) is 106 cm³/mol. The van der Waals surface area contributed by atoms with Gasteiger partial charge in [-0.05, 0) is 43.5 Å². The highest BCUT2D eigenvalue weighted by atomic mass is 16.2. The van der Waals surface area contributed by atoms with E-state index >= 15 is 0 Å². The summed E-state index contributed by atoms with van der Waals surface area (Å²) in [6.07, 6.45) is 0.924. The van der Waals surface area contributed by atoms with Gasteiger partial charge in [0.15, 0.2) is 0 Å². The van der Waals surface area contributed by atoms with Gasteiger partial charge in [-0.15, -0.1) is 0 Å². The lowest BCUT2D eigenvalue weighted by Crippen LogP contribution is -2.27. The summed E-state index contributed by atoms with van der Waals surface area (Å²) in [5, 5.41) is 7.10. The topological polar surface area (TPSA) is 66.9 Å². The van der Waals surface area contributed by atoms with Crippen LogP contribution in [-0.2, 0) is 0 Å². The van der Waals surface area contributed by atoms with Gasteiger partial charge in [-0.3, -0.25) is 4.79 Å². The fourth-order valence-corrected chi connectivity index (χ4v) is 2.60. The number of para-hydroxylation sites is 1. The van der Waals surface area contributed by atoms with Gasteiger partial charge in [0.1, 0.15) is 5.82 Å². The zero-order valence-electron chi connectivity index (χ0n) is 15.4. The van der Waals surface area contributed by atoms with Crippen LogP contribution < -0.4 is 10.6 Å². The van der Waals surface area contributed by atoms with Crippen molar-refractivity contribution in [3.63, 3.8) is 0 Å². The second kappa shape index (κ2) is 7.95. The molecule has 3 rings (SSSR count). The minimum Gasteiger partial charge on any atom is -0.349 e. The Kier molecular flexibility index (Phi) is 5.46. The molecule has 134 valence electrons. The Morgan fingerprint density at radius 3 is 2.50 bits per heavy atom. The van der Waals surface area contributed by atoms with Crippen molar-refractivity contribution in [3.05, 3.63) is 59.9 Å². The SMILES string of the molecule is Cc1ccc(Nc2nc(C(=O)NCCC(C)C)nc3ccccc23)cc1. The van der Waals surface area contributed by atoms with Crippen LogP contribution in [0, 0.1) is 12.8 Å². The van der Waals surface area contributed by atoms with Gasteiger partial charge in [0, 0.05) is 17.6 Å². The Hall–Kier alpha value is -2.95. The third-order valence-corrected chi connectivity index (χ3v) is 4.13. The Balaban J connectivity index is 1.90. The van der Waals surface area contributed by atoms with Crippen LogP contribution in [0.5, 0.6) is 0 Å². The van der Waals surface area contributed by atoms with E-state index in [0.717, 1.165) is 23.0 Å². The number of hydrogen-bond donors (Lipinski definition) is 2. The zero-order valence-corrected chi connectivity index (χ0v) is 15.4. The minimum absolute atomic E-state index is 0.182. The number of amides is 1. The number of nitrogens with one attached hydrogen (secondary N) is 2. The predicted octanol–water partition coefficient (Wildman–Crippen LogP) is 4.46. The first-order valence-electron chi connectivity index (χ1n) is 8.91. The molecule has 0 saturated heterocycles. The average molecular weight is 348 g/mol. The molecular formula is C21H24N4O. The summed E-state index contributed by atoms with van der Waals surface area (Å²) in [4.78, 5) is 21.4. The van der Waals surface area contributed by atoms with E-state index in [1.165, 1.54) is 5.56 Å². The molecule has 0 spiro atoms. The first kappa shape index (κ1) is 17.9. The molecule has 0 radical (unpaired) electrons. The van der Waals surface area contributed by atoms with E-state index in [-0.39, 0.29) is 11.7 Å². The second-order valence-electron chi connectivity index (χ2n) is 6.84. The maximum Gasteiger partial charge on any atom is 0.289 e. The van der Waals surface area contributed by atoms with Crippen LogP contribution in [-0.4, -0.2) is 22.4 Å². The van der Waals surface area contributed by atoms with Gasteiger partial charge in [0.25, 0.3) is 5.91 Å². The number of aromatic nitrogens is 2. The lowest BCUT2D eigenvalue weighted by molar-refractivity contribution is 0.0942.